The zero-order valence-electron chi connectivity index (χ0n) is 11.4. The Kier molecular flexibility index (Phi) is 4.09. The second kappa shape index (κ2) is 6.00. The largest absolute Gasteiger partial charge is 0.382 e. The molecular weight excluding hydrogens is 306 g/mol. The molecule has 2 aromatic rings. The van der Waals surface area contributed by atoms with Crippen molar-refractivity contribution in [2.45, 2.75) is 19.0 Å². The monoisotopic (exact) mass is 323 g/mol. The van der Waals surface area contributed by atoms with Crippen molar-refractivity contribution in [3.63, 3.8) is 0 Å². The van der Waals surface area contributed by atoms with Crippen molar-refractivity contribution in [1.29, 1.82) is 0 Å². The van der Waals surface area contributed by atoms with Crippen molar-refractivity contribution in [3.8, 4) is 0 Å². The molecule has 1 atom stereocenters. The molecule has 0 saturated carbocycles. The predicted molar refractivity (Wildman–Crippen MR) is 86.8 cm³/mol. The lowest BCUT2D eigenvalue weighted by atomic mass is 10.3. The van der Waals surface area contributed by atoms with Gasteiger partial charge in [0.15, 0.2) is 5.13 Å². The van der Waals surface area contributed by atoms with Crippen LogP contribution in [0, 0.1) is 0 Å². The third kappa shape index (κ3) is 3.17. The summed E-state index contributed by atoms with van der Waals surface area (Å²) < 4.78 is 0. The lowest BCUT2D eigenvalue weighted by molar-refractivity contribution is 0.0955. The molecule has 6 nitrogen and oxygen atoms in total. The number of amides is 1. The molecule has 0 aliphatic carbocycles. The SMILES string of the molecule is Nc1nc(N2CCC(N)C2)sc1C(=O)NCc1ccsc1. The van der Waals surface area contributed by atoms with E-state index in [2.05, 4.69) is 15.2 Å². The second-order valence-corrected chi connectivity index (χ2v) is 6.78. The minimum absolute atomic E-state index is 0.172. The molecule has 0 bridgehead atoms. The molecular formula is C13H17N5OS2. The Balaban J connectivity index is 1.67. The molecule has 1 aliphatic rings. The Hall–Kier alpha value is -1.64. The number of thiophene rings is 1. The quantitative estimate of drug-likeness (QED) is 0.787. The minimum atomic E-state index is -0.175. The first-order chi connectivity index (χ1) is 10.1. The van der Waals surface area contributed by atoms with Crippen molar-refractivity contribution in [3.05, 3.63) is 27.3 Å². The molecule has 1 saturated heterocycles. The van der Waals surface area contributed by atoms with Gasteiger partial charge in [0, 0.05) is 25.7 Å². The van der Waals surface area contributed by atoms with Gasteiger partial charge in [0.1, 0.15) is 10.7 Å². The average Bonchev–Trinajstić information content (AvgIpc) is 3.16. The first kappa shape index (κ1) is 14.3. The summed E-state index contributed by atoms with van der Waals surface area (Å²) in [5, 5.41) is 7.64. The highest BCUT2D eigenvalue weighted by atomic mass is 32.1. The fraction of sp³-hybridized carbons (Fsp3) is 0.385. The van der Waals surface area contributed by atoms with Crippen LogP contribution in [0.15, 0.2) is 16.8 Å². The summed E-state index contributed by atoms with van der Waals surface area (Å²) in [5.74, 6) is 0.115. The number of anilines is 2. The van der Waals surface area contributed by atoms with E-state index < -0.39 is 0 Å². The second-order valence-electron chi connectivity index (χ2n) is 5.02. The molecule has 5 N–H and O–H groups in total. The fourth-order valence-electron chi connectivity index (χ4n) is 2.24. The van der Waals surface area contributed by atoms with Gasteiger partial charge < -0.3 is 21.7 Å². The average molecular weight is 323 g/mol. The van der Waals surface area contributed by atoms with Gasteiger partial charge in [-0.05, 0) is 28.8 Å². The lowest BCUT2D eigenvalue weighted by Gasteiger charge is -2.12. The maximum Gasteiger partial charge on any atom is 0.265 e. The number of carbonyl (C=O) groups excluding carboxylic acids is 1. The van der Waals surface area contributed by atoms with Gasteiger partial charge in [-0.25, -0.2) is 4.98 Å². The van der Waals surface area contributed by atoms with E-state index in [4.69, 9.17) is 11.5 Å². The van der Waals surface area contributed by atoms with E-state index in [-0.39, 0.29) is 11.9 Å². The first-order valence-electron chi connectivity index (χ1n) is 6.69. The van der Waals surface area contributed by atoms with E-state index in [0.717, 1.165) is 30.2 Å². The van der Waals surface area contributed by atoms with Crippen LogP contribution in [0.25, 0.3) is 0 Å². The van der Waals surface area contributed by atoms with Crippen LogP contribution in [-0.2, 0) is 6.54 Å². The van der Waals surface area contributed by atoms with E-state index >= 15 is 0 Å². The summed E-state index contributed by atoms with van der Waals surface area (Å²) in [5.41, 5.74) is 12.9. The molecule has 3 rings (SSSR count). The summed E-state index contributed by atoms with van der Waals surface area (Å²) in [6.45, 7) is 2.14. The number of hydrogen-bond donors (Lipinski definition) is 3. The topological polar surface area (TPSA) is 97.3 Å². The Morgan fingerprint density at radius 2 is 2.43 bits per heavy atom. The Morgan fingerprint density at radius 1 is 1.57 bits per heavy atom. The molecule has 21 heavy (non-hydrogen) atoms. The third-order valence-electron chi connectivity index (χ3n) is 3.38. The number of aromatic nitrogens is 1. The highest BCUT2D eigenvalue weighted by Gasteiger charge is 2.24. The Morgan fingerprint density at radius 3 is 3.10 bits per heavy atom. The Bertz CT molecular complexity index is 625. The van der Waals surface area contributed by atoms with Crippen LogP contribution < -0.4 is 21.7 Å². The van der Waals surface area contributed by atoms with Crippen molar-refractivity contribution in [2.24, 2.45) is 5.73 Å². The maximum atomic E-state index is 12.2. The summed E-state index contributed by atoms with van der Waals surface area (Å²) in [4.78, 5) is 19.1. The minimum Gasteiger partial charge on any atom is -0.382 e. The fourth-order valence-corrected chi connectivity index (χ4v) is 3.84. The predicted octanol–water partition coefficient (Wildman–Crippen LogP) is 1.25. The van der Waals surface area contributed by atoms with Crippen molar-refractivity contribution in [2.75, 3.05) is 23.7 Å². The normalized spacial score (nSPS) is 18.1. The highest BCUT2D eigenvalue weighted by molar-refractivity contribution is 7.18. The molecule has 1 aliphatic heterocycles. The zero-order valence-corrected chi connectivity index (χ0v) is 13.0. The van der Waals surface area contributed by atoms with Gasteiger partial charge in [0.2, 0.25) is 0 Å². The number of nitrogens with one attached hydrogen (secondary N) is 1. The van der Waals surface area contributed by atoms with Crippen LogP contribution in [0.3, 0.4) is 0 Å². The summed E-state index contributed by atoms with van der Waals surface area (Å²) in [6.07, 6.45) is 0.944. The van der Waals surface area contributed by atoms with Crippen LogP contribution in [0.5, 0.6) is 0 Å². The van der Waals surface area contributed by atoms with Crippen LogP contribution in [0.4, 0.5) is 10.9 Å². The van der Waals surface area contributed by atoms with Crippen LogP contribution in [0.1, 0.15) is 21.7 Å². The van der Waals surface area contributed by atoms with Crippen LogP contribution >= 0.6 is 22.7 Å². The number of carbonyl (C=O) groups is 1. The molecule has 8 heteroatoms. The van der Waals surface area contributed by atoms with Crippen molar-refractivity contribution >= 4 is 39.5 Å². The number of rotatable bonds is 4. The van der Waals surface area contributed by atoms with Crippen LogP contribution in [0.2, 0.25) is 0 Å². The molecule has 112 valence electrons. The molecule has 1 fully saturated rings. The molecule has 0 spiro atoms. The number of nitrogen functional groups attached to an aromatic ring is 1. The summed E-state index contributed by atoms with van der Waals surface area (Å²) >= 11 is 2.94. The van der Waals surface area contributed by atoms with Crippen LogP contribution in [-0.4, -0.2) is 30.0 Å². The molecule has 0 aromatic carbocycles. The number of nitrogens with two attached hydrogens (primary N) is 2. The molecule has 0 radical (unpaired) electrons. The number of hydrogen-bond acceptors (Lipinski definition) is 7. The zero-order chi connectivity index (χ0) is 14.8. The van der Waals surface area contributed by atoms with Crippen molar-refractivity contribution < 1.29 is 4.79 Å². The molecule has 3 heterocycles. The van der Waals surface area contributed by atoms with Crippen molar-refractivity contribution in [1.82, 2.24) is 10.3 Å². The van der Waals surface area contributed by atoms with E-state index in [1.807, 2.05) is 16.8 Å². The van der Waals surface area contributed by atoms with E-state index in [0.29, 0.717) is 17.2 Å². The van der Waals surface area contributed by atoms with E-state index in [1.54, 1.807) is 11.3 Å². The smallest absolute Gasteiger partial charge is 0.265 e. The number of thiazole rings is 1. The standard InChI is InChI=1S/C13H17N5OS2/c14-9-1-3-18(6-9)13-17-11(15)10(21-13)12(19)16-5-8-2-4-20-7-8/h2,4,7,9H,1,3,5-6,14-15H2,(H,16,19). The lowest BCUT2D eigenvalue weighted by Crippen LogP contribution is -2.26. The summed E-state index contributed by atoms with van der Waals surface area (Å²) in [6, 6.07) is 2.16. The highest BCUT2D eigenvalue weighted by Crippen LogP contribution is 2.30. The van der Waals surface area contributed by atoms with Gasteiger partial charge in [-0.1, -0.05) is 11.3 Å². The van der Waals surface area contributed by atoms with Gasteiger partial charge in [-0.15, -0.1) is 0 Å². The molecule has 2 aromatic heterocycles. The maximum absolute atomic E-state index is 12.2. The third-order valence-corrected chi connectivity index (χ3v) is 5.24. The van der Waals surface area contributed by atoms with E-state index in [1.165, 1.54) is 11.3 Å². The first-order valence-corrected chi connectivity index (χ1v) is 8.45. The van der Waals surface area contributed by atoms with Gasteiger partial charge in [0.05, 0.1) is 0 Å². The molecule has 1 unspecified atom stereocenters. The summed E-state index contributed by atoms with van der Waals surface area (Å²) in [7, 11) is 0. The van der Waals surface area contributed by atoms with Gasteiger partial charge in [-0.3, -0.25) is 4.79 Å². The molecule has 1 amide bonds. The Labute approximate surface area is 130 Å². The van der Waals surface area contributed by atoms with Gasteiger partial charge in [-0.2, -0.15) is 11.3 Å². The van der Waals surface area contributed by atoms with Gasteiger partial charge >= 0.3 is 0 Å². The number of nitrogens with zero attached hydrogens (tertiary/aromatic N) is 2. The van der Waals surface area contributed by atoms with Gasteiger partial charge in [0.25, 0.3) is 5.91 Å². The van der Waals surface area contributed by atoms with E-state index in [9.17, 15) is 4.79 Å².